The van der Waals surface area contributed by atoms with E-state index >= 15 is 0 Å². The molecule has 0 saturated carbocycles. The van der Waals surface area contributed by atoms with Gasteiger partial charge in [0.25, 0.3) is 0 Å². The van der Waals surface area contributed by atoms with E-state index in [0.29, 0.717) is 0 Å². The lowest BCUT2D eigenvalue weighted by molar-refractivity contribution is -0.450. The normalized spacial score (nSPS) is 17.6. The third kappa shape index (κ3) is 4.76. The van der Waals surface area contributed by atoms with Gasteiger partial charge < -0.3 is 10.4 Å². The van der Waals surface area contributed by atoms with E-state index in [4.69, 9.17) is 5.11 Å². The third-order valence-electron chi connectivity index (χ3n) is 3.80. The van der Waals surface area contributed by atoms with Crippen molar-refractivity contribution >= 4 is 5.97 Å². The van der Waals surface area contributed by atoms with Gasteiger partial charge in [-0.1, -0.05) is 6.42 Å². The van der Waals surface area contributed by atoms with Crippen LogP contribution >= 0.6 is 0 Å². The molecule has 0 bridgehead atoms. The zero-order valence-corrected chi connectivity index (χ0v) is 14.6. The monoisotopic (exact) mass is 499 g/mol. The number of nitrogens with one attached hydrogen (secondary N) is 1. The molecule has 0 aromatic carbocycles. The van der Waals surface area contributed by atoms with Gasteiger partial charge in [-0.2, -0.15) is 65.9 Å². The number of rotatable bonds is 6. The molecular formula is C13H12F15NO2. The summed E-state index contributed by atoms with van der Waals surface area (Å²) >= 11 is 0. The molecule has 0 aromatic heterocycles. The molecule has 1 heterocycles. The molecule has 1 fully saturated rings. The number of aliphatic carboxylic acids is 1. The number of piperidine rings is 1. The highest BCUT2D eigenvalue weighted by Gasteiger charge is 2.94. The Morgan fingerprint density at radius 3 is 1.10 bits per heavy atom. The largest absolute Gasteiger partial charge is 0.477 e. The highest BCUT2D eigenvalue weighted by molar-refractivity contribution is 5.77. The van der Waals surface area contributed by atoms with Crippen molar-refractivity contribution in [1.29, 1.82) is 0 Å². The van der Waals surface area contributed by atoms with Crippen molar-refractivity contribution in [3.63, 3.8) is 0 Å². The second-order valence-corrected chi connectivity index (χ2v) is 6.06. The minimum atomic E-state index is -8.47. The predicted octanol–water partition coefficient (Wildman–Crippen LogP) is 5.21. The number of alkyl halides is 15. The lowest BCUT2D eigenvalue weighted by Gasteiger charge is -2.40. The summed E-state index contributed by atoms with van der Waals surface area (Å²) in [5.74, 6) is -52.8. The molecule has 0 amide bonds. The molecule has 0 aromatic rings. The first kappa shape index (κ1) is 29.4. The van der Waals surface area contributed by atoms with Crippen molar-refractivity contribution in [1.82, 2.24) is 5.32 Å². The van der Waals surface area contributed by atoms with Crippen LogP contribution in [0, 0.1) is 0 Å². The fourth-order valence-electron chi connectivity index (χ4n) is 1.90. The number of carboxylic acids is 1. The van der Waals surface area contributed by atoms with Crippen LogP contribution in [0.2, 0.25) is 0 Å². The zero-order valence-electron chi connectivity index (χ0n) is 14.6. The standard InChI is InChI=1S/C8HF15O2.C5H11N/c9-2(10,1(24)25)3(11,12)4(13,14)5(15,16)6(17,18)7(19,20)8(21,22)23;1-2-4-6-5-3-1/h(H,24,25);6H,1-5H2. The molecular weight excluding hydrogens is 487 g/mol. The van der Waals surface area contributed by atoms with Crippen LogP contribution in [0.5, 0.6) is 0 Å². The summed E-state index contributed by atoms with van der Waals surface area (Å²) in [5, 5.41) is 10.9. The molecule has 18 heteroatoms. The highest BCUT2D eigenvalue weighted by Crippen LogP contribution is 2.62. The first-order valence-corrected chi connectivity index (χ1v) is 7.72. The number of hydrogen-bond donors (Lipinski definition) is 2. The summed E-state index contributed by atoms with van der Waals surface area (Å²) < 4.78 is 187. The fourth-order valence-corrected chi connectivity index (χ4v) is 1.90. The molecule has 1 aliphatic heterocycles. The van der Waals surface area contributed by atoms with Crippen LogP contribution in [0.15, 0.2) is 0 Å². The quantitative estimate of drug-likeness (QED) is 0.494. The molecule has 1 aliphatic rings. The maximum Gasteiger partial charge on any atom is 0.460 e. The summed E-state index contributed by atoms with van der Waals surface area (Å²) in [5.41, 5.74) is 0. The van der Waals surface area contributed by atoms with E-state index in [-0.39, 0.29) is 0 Å². The molecule has 186 valence electrons. The van der Waals surface area contributed by atoms with Crippen LogP contribution in [0.25, 0.3) is 0 Å². The molecule has 1 saturated heterocycles. The molecule has 0 radical (unpaired) electrons. The number of halogens is 15. The Bertz CT molecular complexity index is 613. The Morgan fingerprint density at radius 1 is 0.548 bits per heavy atom. The van der Waals surface area contributed by atoms with Crippen molar-refractivity contribution in [2.24, 2.45) is 0 Å². The van der Waals surface area contributed by atoms with Crippen molar-refractivity contribution in [2.45, 2.75) is 61.0 Å². The minimum Gasteiger partial charge on any atom is -0.477 e. The van der Waals surface area contributed by atoms with Crippen LogP contribution in [-0.2, 0) is 4.79 Å². The zero-order chi connectivity index (χ0) is 25.3. The highest BCUT2D eigenvalue weighted by atomic mass is 19.4. The molecule has 3 nitrogen and oxygen atoms in total. The Morgan fingerprint density at radius 2 is 0.871 bits per heavy atom. The first-order valence-electron chi connectivity index (χ1n) is 7.72. The minimum absolute atomic E-state index is 1.25. The van der Waals surface area contributed by atoms with Crippen LogP contribution < -0.4 is 5.32 Å². The molecule has 0 atom stereocenters. The van der Waals surface area contributed by atoms with Gasteiger partial charge in [-0.05, 0) is 25.9 Å². The van der Waals surface area contributed by atoms with E-state index < -0.39 is 47.7 Å². The Kier molecular flexibility index (Phi) is 8.27. The summed E-state index contributed by atoms with van der Waals surface area (Å²) in [6.45, 7) is 2.50. The summed E-state index contributed by atoms with van der Waals surface area (Å²) in [6, 6.07) is 0. The van der Waals surface area contributed by atoms with Gasteiger partial charge >= 0.3 is 47.7 Å². The van der Waals surface area contributed by atoms with E-state index in [1.165, 1.54) is 32.4 Å². The number of carbonyl (C=O) groups is 1. The van der Waals surface area contributed by atoms with Gasteiger partial charge in [0.05, 0.1) is 0 Å². The van der Waals surface area contributed by atoms with Crippen molar-refractivity contribution in [3.8, 4) is 0 Å². The Labute approximate surface area is 162 Å². The smallest absolute Gasteiger partial charge is 0.460 e. The Balaban J connectivity index is 0.00000127. The van der Waals surface area contributed by atoms with Gasteiger partial charge in [0.1, 0.15) is 0 Å². The van der Waals surface area contributed by atoms with Crippen molar-refractivity contribution in [3.05, 3.63) is 0 Å². The summed E-state index contributed by atoms with van der Waals surface area (Å²) in [7, 11) is 0. The van der Waals surface area contributed by atoms with E-state index in [1.807, 2.05) is 0 Å². The lowest BCUT2D eigenvalue weighted by Crippen LogP contribution is -2.73. The van der Waals surface area contributed by atoms with Gasteiger partial charge in [0.2, 0.25) is 0 Å². The third-order valence-corrected chi connectivity index (χ3v) is 3.80. The lowest BCUT2D eigenvalue weighted by atomic mass is 9.91. The van der Waals surface area contributed by atoms with Crippen LogP contribution in [0.3, 0.4) is 0 Å². The second kappa shape index (κ2) is 8.73. The van der Waals surface area contributed by atoms with Gasteiger partial charge in [0, 0.05) is 0 Å². The van der Waals surface area contributed by atoms with Crippen LogP contribution in [-0.4, -0.2) is 65.9 Å². The number of hydrogen-bond acceptors (Lipinski definition) is 2. The van der Waals surface area contributed by atoms with Crippen molar-refractivity contribution in [2.75, 3.05) is 13.1 Å². The SMILES string of the molecule is C1CCNCC1.O=C(O)C(F)(F)C(F)(F)C(F)(F)C(F)(F)C(F)(F)C(F)(F)C(F)(F)F. The molecule has 0 unspecified atom stereocenters. The number of carboxylic acid groups (broad SMARTS) is 1. The predicted molar refractivity (Wildman–Crippen MR) is 70.1 cm³/mol. The topological polar surface area (TPSA) is 49.3 Å². The van der Waals surface area contributed by atoms with Gasteiger partial charge in [-0.15, -0.1) is 0 Å². The van der Waals surface area contributed by atoms with Crippen LogP contribution in [0.1, 0.15) is 19.3 Å². The van der Waals surface area contributed by atoms with E-state index in [2.05, 4.69) is 5.32 Å². The van der Waals surface area contributed by atoms with E-state index in [1.54, 1.807) is 0 Å². The van der Waals surface area contributed by atoms with Gasteiger partial charge in [-0.25, -0.2) is 4.79 Å². The summed E-state index contributed by atoms with van der Waals surface area (Å²) in [6.07, 6.45) is -3.48. The van der Waals surface area contributed by atoms with Gasteiger partial charge in [-0.3, -0.25) is 0 Å². The second-order valence-electron chi connectivity index (χ2n) is 6.06. The van der Waals surface area contributed by atoms with E-state index in [9.17, 15) is 70.7 Å². The maximum absolute atomic E-state index is 12.8. The molecule has 1 rings (SSSR count). The first-order chi connectivity index (χ1) is 13.4. The average molecular weight is 499 g/mol. The van der Waals surface area contributed by atoms with E-state index in [0.717, 1.165) is 0 Å². The molecule has 2 N–H and O–H groups in total. The Hall–Kier alpha value is -1.62. The summed E-state index contributed by atoms with van der Waals surface area (Å²) in [4.78, 5) is 9.72. The molecule has 31 heavy (non-hydrogen) atoms. The van der Waals surface area contributed by atoms with Crippen LogP contribution in [0.4, 0.5) is 65.9 Å². The maximum atomic E-state index is 12.8. The van der Waals surface area contributed by atoms with Crippen molar-refractivity contribution < 1.29 is 75.8 Å². The molecule has 0 spiro atoms. The average Bonchev–Trinajstić information content (AvgIpc) is 2.61. The molecule has 0 aliphatic carbocycles. The van der Waals surface area contributed by atoms with Gasteiger partial charge in [0.15, 0.2) is 0 Å². The fraction of sp³-hybridized carbons (Fsp3) is 0.923.